The molecule has 2 aromatic heterocycles. The Morgan fingerprint density at radius 2 is 1.72 bits per heavy atom. The van der Waals surface area contributed by atoms with Crippen molar-refractivity contribution in [3.63, 3.8) is 0 Å². The summed E-state index contributed by atoms with van der Waals surface area (Å²) in [7, 11) is 4.01. The van der Waals surface area contributed by atoms with E-state index in [9.17, 15) is 9.59 Å². The summed E-state index contributed by atoms with van der Waals surface area (Å²) in [5.41, 5.74) is 1.15. The van der Waals surface area contributed by atoms with Crippen LogP contribution in [0, 0.1) is 0 Å². The zero-order chi connectivity index (χ0) is 25.5. The lowest BCUT2D eigenvalue weighted by Gasteiger charge is -2.15. The van der Waals surface area contributed by atoms with E-state index in [0.29, 0.717) is 42.3 Å². The summed E-state index contributed by atoms with van der Waals surface area (Å²) in [5, 5.41) is 4.66. The molecule has 0 saturated carbocycles. The molecule has 4 aromatic rings. The van der Waals surface area contributed by atoms with E-state index in [4.69, 9.17) is 18.9 Å². The van der Waals surface area contributed by atoms with Crippen molar-refractivity contribution < 1.29 is 28.5 Å². The summed E-state index contributed by atoms with van der Waals surface area (Å²) in [4.78, 5) is 29.9. The van der Waals surface area contributed by atoms with Crippen molar-refractivity contribution in [2.75, 3.05) is 27.9 Å². The fraction of sp³-hybridized carbons (Fsp3) is 0.231. The van der Waals surface area contributed by atoms with E-state index in [1.165, 1.54) is 26.0 Å². The van der Waals surface area contributed by atoms with Crippen LogP contribution in [0.2, 0.25) is 0 Å². The van der Waals surface area contributed by atoms with Crippen molar-refractivity contribution in [3.8, 4) is 28.4 Å². The van der Waals surface area contributed by atoms with Gasteiger partial charge in [-0.15, -0.1) is 0 Å². The lowest BCUT2D eigenvalue weighted by molar-refractivity contribution is 0.0549. The highest BCUT2D eigenvalue weighted by Gasteiger charge is 2.33. The van der Waals surface area contributed by atoms with E-state index in [2.05, 4.69) is 10.1 Å². The third-order valence-electron chi connectivity index (χ3n) is 5.47. The van der Waals surface area contributed by atoms with Crippen molar-refractivity contribution in [2.45, 2.75) is 13.0 Å². The van der Waals surface area contributed by atoms with Crippen LogP contribution >= 0.6 is 0 Å². The molecule has 0 bridgehead atoms. The summed E-state index contributed by atoms with van der Waals surface area (Å²) in [6.07, 6.45) is 6.03. The molecule has 186 valence electrons. The minimum atomic E-state index is -0.735. The second-order valence-corrected chi connectivity index (χ2v) is 7.64. The molecule has 0 atom stereocenters. The second-order valence-electron chi connectivity index (χ2n) is 7.64. The Kier molecular flexibility index (Phi) is 7.64. The van der Waals surface area contributed by atoms with Crippen LogP contribution in [0.1, 0.15) is 27.3 Å². The molecule has 0 radical (unpaired) electrons. The number of aromatic nitrogens is 4. The first-order valence-corrected chi connectivity index (χ1v) is 11.2. The highest BCUT2D eigenvalue weighted by Crippen LogP contribution is 2.40. The Labute approximate surface area is 208 Å². The first-order valence-electron chi connectivity index (χ1n) is 11.2. The quantitative estimate of drug-likeness (QED) is 0.244. The van der Waals surface area contributed by atoms with Gasteiger partial charge in [0, 0.05) is 24.5 Å². The number of hydrogen-bond donors (Lipinski definition) is 0. The van der Waals surface area contributed by atoms with E-state index in [0.717, 1.165) is 0 Å². The van der Waals surface area contributed by atoms with Gasteiger partial charge >= 0.3 is 11.9 Å². The molecule has 10 heteroatoms. The van der Waals surface area contributed by atoms with Crippen molar-refractivity contribution >= 4 is 11.9 Å². The molecule has 0 saturated heterocycles. The first kappa shape index (κ1) is 24.5. The monoisotopic (exact) mass is 490 g/mol. The van der Waals surface area contributed by atoms with Gasteiger partial charge in [-0.05, 0) is 30.7 Å². The largest absolute Gasteiger partial charge is 0.493 e. The molecule has 36 heavy (non-hydrogen) atoms. The van der Waals surface area contributed by atoms with E-state index >= 15 is 0 Å². The number of rotatable bonds is 10. The number of nitrogens with zero attached hydrogens (tertiary/aromatic N) is 4. The number of carbonyl (C=O) groups is 2. The van der Waals surface area contributed by atoms with Gasteiger partial charge in [-0.3, -0.25) is 0 Å². The molecule has 0 aliphatic heterocycles. The summed E-state index contributed by atoms with van der Waals surface area (Å²) in [6.45, 7) is 1.08. The Balaban J connectivity index is 1.83. The maximum atomic E-state index is 13.0. The van der Waals surface area contributed by atoms with Gasteiger partial charge in [0.15, 0.2) is 17.2 Å². The third-order valence-corrected chi connectivity index (χ3v) is 5.47. The second kappa shape index (κ2) is 11.2. The van der Waals surface area contributed by atoms with Gasteiger partial charge in [-0.25, -0.2) is 19.3 Å². The zero-order valence-electron chi connectivity index (χ0n) is 20.2. The molecule has 0 unspecified atom stereocenters. The standard InChI is InChI=1S/C26H26N4O6/c1-33-20-12-7-11-19(24(20)36-16-8-14-29-15-13-27-17-29)22-21(25(31)34-2)23(26(32)35-3)30(28-22)18-9-5-4-6-10-18/h4-7,9-13,15,17H,8,14,16H2,1-3H3. The number of aryl methyl sites for hydroxylation is 1. The maximum absolute atomic E-state index is 13.0. The van der Waals surface area contributed by atoms with E-state index < -0.39 is 11.9 Å². The van der Waals surface area contributed by atoms with E-state index in [-0.39, 0.29) is 17.0 Å². The van der Waals surface area contributed by atoms with Gasteiger partial charge in [0.05, 0.1) is 40.0 Å². The van der Waals surface area contributed by atoms with E-state index in [1.807, 2.05) is 16.8 Å². The molecule has 0 spiro atoms. The van der Waals surface area contributed by atoms with Gasteiger partial charge in [0.25, 0.3) is 0 Å². The summed E-state index contributed by atoms with van der Waals surface area (Å²) in [6, 6.07) is 14.2. The number of benzene rings is 2. The van der Waals surface area contributed by atoms with Gasteiger partial charge < -0.3 is 23.5 Å². The third kappa shape index (κ3) is 4.92. The number of hydrogen-bond acceptors (Lipinski definition) is 8. The predicted molar refractivity (Wildman–Crippen MR) is 131 cm³/mol. The minimum Gasteiger partial charge on any atom is -0.493 e. The van der Waals surface area contributed by atoms with Crippen molar-refractivity contribution in [2.24, 2.45) is 0 Å². The van der Waals surface area contributed by atoms with Crippen LogP contribution in [0.4, 0.5) is 0 Å². The number of imidazole rings is 1. The van der Waals surface area contributed by atoms with Crippen molar-refractivity contribution in [1.29, 1.82) is 0 Å². The van der Waals surface area contributed by atoms with Crippen LogP contribution in [0.25, 0.3) is 16.9 Å². The van der Waals surface area contributed by atoms with Crippen LogP contribution in [-0.4, -0.2) is 59.2 Å². The topological polar surface area (TPSA) is 107 Å². The fourth-order valence-corrected chi connectivity index (χ4v) is 3.80. The Bertz CT molecular complexity index is 1330. The van der Waals surface area contributed by atoms with E-state index in [1.54, 1.807) is 55.0 Å². The lowest BCUT2D eigenvalue weighted by Crippen LogP contribution is -2.15. The summed E-state index contributed by atoms with van der Waals surface area (Å²) in [5.74, 6) is -0.616. The molecule has 4 rings (SSSR count). The van der Waals surface area contributed by atoms with Gasteiger partial charge in [-0.1, -0.05) is 24.3 Å². The molecule has 2 aromatic carbocycles. The SMILES string of the molecule is COC(=O)c1c(-c2cccc(OC)c2OCCCn2ccnc2)nn(-c2ccccc2)c1C(=O)OC. The fourth-order valence-electron chi connectivity index (χ4n) is 3.80. The number of methoxy groups -OCH3 is 3. The Morgan fingerprint density at radius 3 is 2.39 bits per heavy atom. The van der Waals surface area contributed by atoms with Crippen LogP contribution in [0.5, 0.6) is 11.5 Å². The number of esters is 2. The highest BCUT2D eigenvalue weighted by atomic mass is 16.5. The summed E-state index contributed by atoms with van der Waals surface area (Å²) < 4.78 is 25.1. The molecule has 0 N–H and O–H groups in total. The average molecular weight is 491 g/mol. The Morgan fingerprint density at radius 1 is 0.944 bits per heavy atom. The average Bonchev–Trinajstić information content (AvgIpc) is 3.59. The molecular weight excluding hydrogens is 464 g/mol. The van der Waals surface area contributed by atoms with Crippen LogP contribution < -0.4 is 9.47 Å². The number of ether oxygens (including phenoxy) is 4. The van der Waals surface area contributed by atoms with Crippen molar-refractivity contribution in [1.82, 2.24) is 19.3 Å². The minimum absolute atomic E-state index is 0.0373. The maximum Gasteiger partial charge on any atom is 0.357 e. The van der Waals surface area contributed by atoms with Gasteiger partial charge in [0.2, 0.25) is 0 Å². The number of para-hydroxylation sites is 2. The molecule has 10 nitrogen and oxygen atoms in total. The first-order chi connectivity index (χ1) is 17.6. The normalized spacial score (nSPS) is 10.6. The predicted octanol–water partition coefficient (Wildman–Crippen LogP) is 3.79. The lowest BCUT2D eigenvalue weighted by atomic mass is 10.0. The van der Waals surface area contributed by atoms with Gasteiger partial charge in [-0.2, -0.15) is 5.10 Å². The smallest absolute Gasteiger partial charge is 0.357 e. The molecule has 0 aliphatic carbocycles. The molecule has 0 aliphatic rings. The summed E-state index contributed by atoms with van der Waals surface area (Å²) >= 11 is 0. The molecular formula is C26H26N4O6. The van der Waals surface area contributed by atoms with Crippen molar-refractivity contribution in [3.05, 3.63) is 78.5 Å². The van der Waals surface area contributed by atoms with Crippen LogP contribution in [0.15, 0.2) is 67.3 Å². The van der Waals surface area contributed by atoms with Gasteiger partial charge in [0.1, 0.15) is 11.3 Å². The molecule has 0 fully saturated rings. The zero-order valence-corrected chi connectivity index (χ0v) is 20.2. The van der Waals surface area contributed by atoms with Crippen LogP contribution in [0.3, 0.4) is 0 Å². The molecule has 2 heterocycles. The number of carbonyl (C=O) groups excluding carboxylic acids is 2. The Hall–Kier alpha value is -4.60. The van der Waals surface area contributed by atoms with Crippen LogP contribution in [-0.2, 0) is 16.0 Å². The molecule has 0 amide bonds. The highest BCUT2D eigenvalue weighted by molar-refractivity contribution is 6.07.